The third kappa shape index (κ3) is 3.53. The van der Waals surface area contributed by atoms with Crippen molar-refractivity contribution in [1.82, 2.24) is 5.32 Å². The van der Waals surface area contributed by atoms with Crippen LogP contribution in [-0.2, 0) is 11.3 Å². The molecule has 0 radical (unpaired) electrons. The van der Waals surface area contributed by atoms with Gasteiger partial charge >= 0.3 is 0 Å². The maximum atomic E-state index is 11.0. The molecule has 1 aliphatic rings. The lowest BCUT2D eigenvalue weighted by atomic mass is 10.1. The first-order valence-corrected chi connectivity index (χ1v) is 6.71. The largest absolute Gasteiger partial charge is 0.380 e. The van der Waals surface area contributed by atoms with Crippen molar-refractivity contribution < 1.29 is 14.6 Å². The molecule has 1 aliphatic carbocycles. The summed E-state index contributed by atoms with van der Waals surface area (Å²) in [5, 5.41) is 25.0. The summed E-state index contributed by atoms with van der Waals surface area (Å²) in [7, 11) is 1.65. The fourth-order valence-corrected chi connectivity index (χ4v) is 2.67. The van der Waals surface area contributed by atoms with Crippen LogP contribution in [0.3, 0.4) is 0 Å². The molecule has 0 aliphatic heterocycles. The van der Waals surface area contributed by atoms with E-state index in [0.29, 0.717) is 12.1 Å². The minimum atomic E-state index is -0.637. The molecule has 1 N–H and O–H groups in total. The Balaban J connectivity index is 2.12. The normalized spacial score (nSPS) is 21.4. The molecule has 1 aromatic carbocycles. The minimum absolute atomic E-state index is 0.113. The third-order valence-corrected chi connectivity index (χ3v) is 3.79. The van der Waals surface area contributed by atoms with Crippen LogP contribution in [0.15, 0.2) is 18.2 Å². The summed E-state index contributed by atoms with van der Waals surface area (Å²) in [6, 6.07) is 3.87. The lowest BCUT2D eigenvalue weighted by Gasteiger charge is -2.19. The average Bonchev–Trinajstić information content (AvgIpc) is 2.92. The molecule has 0 aromatic heterocycles. The van der Waals surface area contributed by atoms with E-state index in [0.717, 1.165) is 25.3 Å². The quantitative estimate of drug-likeness (QED) is 0.636. The number of methoxy groups -OCH3 is 1. The summed E-state index contributed by atoms with van der Waals surface area (Å²) in [6.45, 7) is 0.291. The van der Waals surface area contributed by atoms with Gasteiger partial charge in [0.25, 0.3) is 11.4 Å². The molecule has 0 amide bonds. The highest BCUT2D eigenvalue weighted by molar-refractivity contribution is 5.49. The first-order chi connectivity index (χ1) is 10.0. The Labute approximate surface area is 121 Å². The fourth-order valence-electron chi connectivity index (χ4n) is 2.67. The van der Waals surface area contributed by atoms with Crippen LogP contribution in [0.2, 0.25) is 0 Å². The molecule has 8 heteroatoms. The number of nitro benzene ring substituents is 2. The Kier molecular flexibility index (Phi) is 4.81. The number of nitrogens with zero attached hydrogens (tertiary/aromatic N) is 2. The van der Waals surface area contributed by atoms with Crippen molar-refractivity contribution in [3.8, 4) is 0 Å². The maximum absolute atomic E-state index is 11.0. The van der Waals surface area contributed by atoms with E-state index in [4.69, 9.17) is 4.74 Å². The van der Waals surface area contributed by atoms with E-state index in [-0.39, 0.29) is 23.5 Å². The van der Waals surface area contributed by atoms with E-state index >= 15 is 0 Å². The zero-order valence-corrected chi connectivity index (χ0v) is 11.7. The standard InChI is InChI=1S/C13H17N3O5/c1-21-13-4-2-3-11(13)14-8-9-5-6-10(15(17)18)7-12(9)16(19)20/h5-7,11,13-14H,2-4,8H2,1H3. The van der Waals surface area contributed by atoms with Crippen LogP contribution < -0.4 is 5.32 Å². The second kappa shape index (κ2) is 6.59. The van der Waals surface area contributed by atoms with Crippen LogP contribution in [0.1, 0.15) is 24.8 Å². The summed E-state index contributed by atoms with van der Waals surface area (Å²) in [5.41, 5.74) is -0.0721. The lowest BCUT2D eigenvalue weighted by Crippen LogP contribution is -2.36. The summed E-state index contributed by atoms with van der Waals surface area (Å²) < 4.78 is 5.35. The van der Waals surface area contributed by atoms with Crippen LogP contribution in [0.25, 0.3) is 0 Å². The summed E-state index contributed by atoms with van der Waals surface area (Å²) >= 11 is 0. The van der Waals surface area contributed by atoms with Crippen molar-refractivity contribution in [2.24, 2.45) is 0 Å². The van der Waals surface area contributed by atoms with Gasteiger partial charge in [-0.05, 0) is 25.3 Å². The van der Waals surface area contributed by atoms with Gasteiger partial charge in [-0.3, -0.25) is 20.2 Å². The van der Waals surface area contributed by atoms with E-state index in [1.165, 1.54) is 12.1 Å². The predicted molar refractivity (Wildman–Crippen MR) is 75.0 cm³/mol. The number of non-ortho nitro benzene ring substituents is 1. The van der Waals surface area contributed by atoms with Crippen molar-refractivity contribution in [3.63, 3.8) is 0 Å². The number of hydrogen-bond acceptors (Lipinski definition) is 6. The first-order valence-electron chi connectivity index (χ1n) is 6.71. The van der Waals surface area contributed by atoms with Gasteiger partial charge < -0.3 is 10.1 Å². The molecule has 0 spiro atoms. The molecule has 2 rings (SSSR count). The molecule has 114 valence electrons. The van der Waals surface area contributed by atoms with E-state index in [2.05, 4.69) is 5.32 Å². The van der Waals surface area contributed by atoms with Crippen molar-refractivity contribution in [2.75, 3.05) is 7.11 Å². The van der Waals surface area contributed by atoms with Gasteiger partial charge in [-0.2, -0.15) is 0 Å². The number of nitrogens with one attached hydrogen (secondary N) is 1. The smallest absolute Gasteiger partial charge is 0.280 e. The second-order valence-corrected chi connectivity index (χ2v) is 5.02. The number of rotatable bonds is 6. The minimum Gasteiger partial charge on any atom is -0.380 e. The molecule has 2 unspecified atom stereocenters. The predicted octanol–water partition coefficient (Wildman–Crippen LogP) is 2.16. The number of nitro groups is 2. The van der Waals surface area contributed by atoms with Crippen LogP contribution in [-0.4, -0.2) is 29.1 Å². The zero-order chi connectivity index (χ0) is 15.4. The molecule has 8 nitrogen and oxygen atoms in total. The Bertz CT molecular complexity index is 549. The van der Waals surface area contributed by atoms with Crippen molar-refractivity contribution >= 4 is 11.4 Å². The lowest BCUT2D eigenvalue weighted by molar-refractivity contribution is -0.394. The molecular formula is C13H17N3O5. The van der Waals surface area contributed by atoms with Crippen molar-refractivity contribution in [1.29, 1.82) is 0 Å². The van der Waals surface area contributed by atoms with Crippen LogP contribution >= 0.6 is 0 Å². The van der Waals surface area contributed by atoms with Crippen LogP contribution in [0, 0.1) is 20.2 Å². The van der Waals surface area contributed by atoms with Gasteiger partial charge in [0.15, 0.2) is 0 Å². The SMILES string of the molecule is COC1CCCC1NCc1ccc([N+](=O)[O-])cc1[N+](=O)[O-]. The van der Waals surface area contributed by atoms with E-state index in [1.807, 2.05) is 0 Å². The van der Waals surface area contributed by atoms with Gasteiger partial charge in [-0.1, -0.05) is 0 Å². The number of hydrogen-bond donors (Lipinski definition) is 1. The Hall–Kier alpha value is -2.06. The summed E-state index contributed by atoms with van der Waals surface area (Å²) in [4.78, 5) is 20.5. The van der Waals surface area contributed by atoms with Gasteiger partial charge in [0.1, 0.15) is 0 Å². The van der Waals surface area contributed by atoms with Crippen molar-refractivity contribution in [2.45, 2.75) is 38.0 Å². The van der Waals surface area contributed by atoms with Crippen LogP contribution in [0.5, 0.6) is 0 Å². The Morgan fingerprint density at radius 2 is 2.05 bits per heavy atom. The molecule has 1 fully saturated rings. The molecule has 0 bridgehead atoms. The highest BCUT2D eigenvalue weighted by atomic mass is 16.6. The van der Waals surface area contributed by atoms with E-state index in [1.54, 1.807) is 7.11 Å². The summed E-state index contributed by atoms with van der Waals surface area (Å²) in [5.74, 6) is 0. The highest BCUT2D eigenvalue weighted by Gasteiger charge is 2.27. The fraction of sp³-hybridized carbons (Fsp3) is 0.538. The van der Waals surface area contributed by atoms with Crippen molar-refractivity contribution in [3.05, 3.63) is 44.0 Å². The van der Waals surface area contributed by atoms with Crippen LogP contribution in [0.4, 0.5) is 11.4 Å². The average molecular weight is 295 g/mol. The number of ether oxygens (including phenoxy) is 1. The monoisotopic (exact) mass is 295 g/mol. The molecule has 0 saturated heterocycles. The topological polar surface area (TPSA) is 108 Å². The van der Waals surface area contributed by atoms with Gasteiger partial charge in [-0.15, -0.1) is 0 Å². The Morgan fingerprint density at radius 3 is 2.67 bits per heavy atom. The van der Waals surface area contributed by atoms with Gasteiger partial charge in [0.05, 0.1) is 22.0 Å². The highest BCUT2D eigenvalue weighted by Crippen LogP contribution is 2.26. The van der Waals surface area contributed by atoms with Gasteiger partial charge in [0.2, 0.25) is 0 Å². The van der Waals surface area contributed by atoms with Gasteiger partial charge in [-0.25, -0.2) is 0 Å². The molecule has 2 atom stereocenters. The first kappa shape index (κ1) is 15.3. The number of benzene rings is 1. The van der Waals surface area contributed by atoms with E-state index in [9.17, 15) is 20.2 Å². The Morgan fingerprint density at radius 1 is 1.29 bits per heavy atom. The molecule has 0 heterocycles. The third-order valence-electron chi connectivity index (χ3n) is 3.79. The molecule has 1 saturated carbocycles. The summed E-state index contributed by atoms with van der Waals surface area (Å²) in [6.07, 6.45) is 3.09. The maximum Gasteiger partial charge on any atom is 0.280 e. The zero-order valence-electron chi connectivity index (χ0n) is 11.7. The molecule has 21 heavy (non-hydrogen) atoms. The molecule has 1 aromatic rings. The van der Waals surface area contributed by atoms with E-state index < -0.39 is 9.85 Å². The second-order valence-electron chi connectivity index (χ2n) is 5.02. The van der Waals surface area contributed by atoms with Gasteiger partial charge in [0, 0.05) is 31.3 Å². The molecular weight excluding hydrogens is 278 g/mol.